The molecular weight excluding hydrogens is 264 g/mol. The van der Waals surface area contributed by atoms with Gasteiger partial charge in [0.1, 0.15) is 13.2 Å². The summed E-state index contributed by atoms with van der Waals surface area (Å²) in [7, 11) is 0. The van der Waals surface area contributed by atoms with Crippen LogP contribution in [0.3, 0.4) is 0 Å². The summed E-state index contributed by atoms with van der Waals surface area (Å²) in [5.74, 6) is 1.60. The zero-order valence-corrected chi connectivity index (χ0v) is 13.6. The third kappa shape index (κ3) is 2.52. The summed E-state index contributed by atoms with van der Waals surface area (Å²) in [4.78, 5) is 0. The molecule has 1 aromatic rings. The van der Waals surface area contributed by atoms with Crippen molar-refractivity contribution >= 4 is 0 Å². The van der Waals surface area contributed by atoms with E-state index in [1.54, 1.807) is 0 Å². The normalized spacial score (nSPS) is 22.9. The second kappa shape index (κ2) is 4.91. The van der Waals surface area contributed by atoms with Crippen LogP contribution >= 0.6 is 0 Å². The summed E-state index contributed by atoms with van der Waals surface area (Å²) in [5, 5.41) is 11.3. The molecule has 3 rings (SSSR count). The lowest BCUT2D eigenvalue weighted by atomic mass is 9.68. The molecule has 1 aliphatic heterocycles. The van der Waals surface area contributed by atoms with Crippen LogP contribution in [0.5, 0.6) is 11.5 Å². The summed E-state index contributed by atoms with van der Waals surface area (Å²) in [6.07, 6.45) is 3.65. The minimum atomic E-state index is -0.780. The van der Waals surface area contributed by atoms with Crippen LogP contribution in [-0.4, -0.2) is 18.3 Å². The lowest BCUT2D eigenvalue weighted by molar-refractivity contribution is -0.0339. The Labute approximate surface area is 127 Å². The van der Waals surface area contributed by atoms with Gasteiger partial charge >= 0.3 is 0 Å². The van der Waals surface area contributed by atoms with Crippen molar-refractivity contribution in [1.82, 2.24) is 0 Å². The molecule has 1 aliphatic carbocycles. The maximum absolute atomic E-state index is 11.3. The Morgan fingerprint density at radius 2 is 1.48 bits per heavy atom. The highest BCUT2D eigenvalue weighted by molar-refractivity contribution is 5.57. The number of benzene rings is 1. The van der Waals surface area contributed by atoms with Gasteiger partial charge in [0.05, 0.1) is 5.60 Å². The molecule has 1 fully saturated rings. The van der Waals surface area contributed by atoms with E-state index in [9.17, 15) is 5.11 Å². The third-order valence-corrected chi connectivity index (χ3v) is 5.09. The molecule has 0 spiro atoms. The van der Waals surface area contributed by atoms with Crippen molar-refractivity contribution in [3.8, 4) is 11.5 Å². The van der Waals surface area contributed by atoms with Gasteiger partial charge in [-0.1, -0.05) is 19.9 Å². The smallest absolute Gasteiger partial charge is 0.167 e. The quantitative estimate of drug-likeness (QED) is 0.853. The molecule has 3 nitrogen and oxygen atoms in total. The average Bonchev–Trinajstić information content (AvgIpc) is 2.43. The van der Waals surface area contributed by atoms with Crippen molar-refractivity contribution in [3.63, 3.8) is 0 Å². The molecule has 0 aromatic heterocycles. The van der Waals surface area contributed by atoms with Crippen LogP contribution in [0.25, 0.3) is 0 Å². The van der Waals surface area contributed by atoms with E-state index in [0.29, 0.717) is 18.6 Å². The number of fused-ring (bicyclic) bond motifs is 1. The van der Waals surface area contributed by atoms with Gasteiger partial charge < -0.3 is 14.6 Å². The van der Waals surface area contributed by atoms with Gasteiger partial charge in [0.15, 0.2) is 11.5 Å². The van der Waals surface area contributed by atoms with Crippen LogP contribution in [0.15, 0.2) is 6.07 Å². The van der Waals surface area contributed by atoms with Crippen molar-refractivity contribution < 1.29 is 14.6 Å². The van der Waals surface area contributed by atoms with Gasteiger partial charge in [-0.25, -0.2) is 0 Å². The predicted octanol–water partition coefficient (Wildman–Crippen LogP) is 3.86. The molecule has 1 saturated carbocycles. The van der Waals surface area contributed by atoms with Crippen molar-refractivity contribution in [2.45, 2.75) is 59.0 Å². The average molecular weight is 290 g/mol. The fourth-order valence-corrected chi connectivity index (χ4v) is 3.71. The van der Waals surface area contributed by atoms with E-state index in [-0.39, 0.29) is 0 Å². The lowest BCUT2D eigenvalue weighted by Gasteiger charge is -2.42. The second-order valence-electron chi connectivity index (χ2n) is 7.44. The molecule has 2 aliphatic rings. The Morgan fingerprint density at radius 3 is 2.10 bits per heavy atom. The van der Waals surface area contributed by atoms with Gasteiger partial charge in [-0.05, 0) is 56.1 Å². The highest BCUT2D eigenvalue weighted by Gasteiger charge is 2.42. The van der Waals surface area contributed by atoms with Crippen LogP contribution in [0, 0.1) is 19.3 Å². The molecule has 1 aromatic carbocycles. The van der Waals surface area contributed by atoms with Gasteiger partial charge in [0.25, 0.3) is 0 Å². The molecule has 0 bridgehead atoms. The van der Waals surface area contributed by atoms with E-state index in [1.165, 1.54) is 0 Å². The Balaban J connectivity index is 2.06. The predicted molar refractivity (Wildman–Crippen MR) is 83.1 cm³/mol. The summed E-state index contributed by atoms with van der Waals surface area (Å²) in [6, 6.07) is 2.11. The van der Waals surface area contributed by atoms with Gasteiger partial charge in [0.2, 0.25) is 0 Å². The molecule has 0 amide bonds. The SMILES string of the molecule is Cc1cc(C)c(C2(O)CCC(C)(C)CC2)c2c1OCCO2. The van der Waals surface area contributed by atoms with Crippen LogP contribution in [-0.2, 0) is 5.60 Å². The van der Waals surface area contributed by atoms with Crippen molar-refractivity contribution in [3.05, 3.63) is 22.8 Å². The first-order valence-electron chi connectivity index (χ1n) is 7.95. The molecule has 3 heteroatoms. The van der Waals surface area contributed by atoms with E-state index in [0.717, 1.165) is 53.9 Å². The number of aliphatic hydroxyl groups is 1. The Kier molecular flexibility index (Phi) is 3.44. The van der Waals surface area contributed by atoms with E-state index in [1.807, 2.05) is 6.92 Å². The molecule has 116 valence electrons. The second-order valence-corrected chi connectivity index (χ2v) is 7.44. The fourth-order valence-electron chi connectivity index (χ4n) is 3.71. The summed E-state index contributed by atoms with van der Waals surface area (Å²) >= 11 is 0. The van der Waals surface area contributed by atoms with Gasteiger partial charge in [0, 0.05) is 5.56 Å². The maximum Gasteiger partial charge on any atom is 0.167 e. The summed E-state index contributed by atoms with van der Waals surface area (Å²) < 4.78 is 11.7. The van der Waals surface area contributed by atoms with Crippen molar-refractivity contribution in [1.29, 1.82) is 0 Å². The molecule has 0 saturated heterocycles. The minimum absolute atomic E-state index is 0.322. The van der Waals surface area contributed by atoms with Crippen molar-refractivity contribution in [2.75, 3.05) is 13.2 Å². The summed E-state index contributed by atoms with van der Waals surface area (Å²) in [6.45, 7) is 9.82. The van der Waals surface area contributed by atoms with Crippen LogP contribution in [0.1, 0.15) is 56.2 Å². The Bertz CT molecular complexity index is 550. The van der Waals surface area contributed by atoms with Crippen molar-refractivity contribution in [2.24, 2.45) is 5.41 Å². The molecule has 1 N–H and O–H groups in total. The number of hydrogen-bond acceptors (Lipinski definition) is 3. The molecule has 21 heavy (non-hydrogen) atoms. The zero-order valence-electron chi connectivity index (χ0n) is 13.6. The topological polar surface area (TPSA) is 38.7 Å². The Morgan fingerprint density at radius 1 is 0.905 bits per heavy atom. The van der Waals surface area contributed by atoms with E-state index in [2.05, 4.69) is 26.8 Å². The molecule has 0 radical (unpaired) electrons. The van der Waals surface area contributed by atoms with Crippen LogP contribution in [0.2, 0.25) is 0 Å². The first kappa shape index (κ1) is 14.7. The first-order valence-corrected chi connectivity index (χ1v) is 7.95. The Hall–Kier alpha value is -1.22. The minimum Gasteiger partial charge on any atom is -0.486 e. The molecule has 0 atom stereocenters. The zero-order chi connectivity index (χ0) is 15.3. The lowest BCUT2D eigenvalue weighted by Crippen LogP contribution is -2.36. The van der Waals surface area contributed by atoms with E-state index >= 15 is 0 Å². The maximum atomic E-state index is 11.3. The van der Waals surface area contributed by atoms with E-state index in [4.69, 9.17) is 9.47 Å². The molecule has 0 unspecified atom stereocenters. The highest BCUT2D eigenvalue weighted by atomic mass is 16.6. The van der Waals surface area contributed by atoms with Gasteiger partial charge in [-0.2, -0.15) is 0 Å². The monoisotopic (exact) mass is 290 g/mol. The molecule has 1 heterocycles. The standard InChI is InChI=1S/C18H26O3/c1-12-11-13(2)15-16(21-10-9-20-15)14(12)18(19)7-5-17(3,4)6-8-18/h11,19H,5-10H2,1-4H3. The van der Waals surface area contributed by atoms with E-state index < -0.39 is 5.60 Å². The highest BCUT2D eigenvalue weighted by Crippen LogP contribution is 2.51. The van der Waals surface area contributed by atoms with Crippen LogP contribution in [0.4, 0.5) is 0 Å². The third-order valence-electron chi connectivity index (χ3n) is 5.09. The number of hydrogen-bond donors (Lipinski definition) is 1. The van der Waals surface area contributed by atoms with Gasteiger partial charge in [-0.3, -0.25) is 0 Å². The largest absolute Gasteiger partial charge is 0.486 e. The number of aryl methyl sites for hydroxylation is 2. The fraction of sp³-hybridized carbons (Fsp3) is 0.667. The van der Waals surface area contributed by atoms with Crippen LogP contribution < -0.4 is 9.47 Å². The number of rotatable bonds is 1. The first-order chi connectivity index (χ1) is 9.82. The molecular formula is C18H26O3. The summed E-state index contributed by atoms with van der Waals surface area (Å²) in [5.41, 5.74) is 2.70. The number of ether oxygens (including phenoxy) is 2. The van der Waals surface area contributed by atoms with Gasteiger partial charge in [-0.15, -0.1) is 0 Å².